The molecule has 0 unspecified atom stereocenters. The van der Waals surface area contributed by atoms with E-state index >= 15 is 0 Å². The molecule has 1 fully saturated rings. The molecule has 1 aliphatic rings. The number of aromatic nitrogens is 1. The summed E-state index contributed by atoms with van der Waals surface area (Å²) in [5.74, 6) is 1.66. The first kappa shape index (κ1) is 28.7. The number of aromatic amines is 1. The van der Waals surface area contributed by atoms with Gasteiger partial charge >= 0.3 is 0 Å². The Bertz CT molecular complexity index is 1120. The summed E-state index contributed by atoms with van der Waals surface area (Å²) in [6, 6.07) is 5.34. The highest BCUT2D eigenvalue weighted by Gasteiger charge is 2.27. The summed E-state index contributed by atoms with van der Waals surface area (Å²) in [7, 11) is 4.58. The average Bonchev–Trinajstić information content (AvgIpc) is 3.37. The number of pyridine rings is 1. The van der Waals surface area contributed by atoms with Crippen LogP contribution in [0.15, 0.2) is 40.3 Å². The topological polar surface area (TPSA) is 110 Å². The van der Waals surface area contributed by atoms with E-state index in [9.17, 15) is 14.7 Å². The van der Waals surface area contributed by atoms with E-state index in [-0.39, 0.29) is 17.2 Å². The smallest absolute Gasteiger partial charge is 0.264 e. The first-order chi connectivity index (χ1) is 17.3. The number of benzene rings is 1. The first-order valence-corrected chi connectivity index (χ1v) is 12.4. The van der Waals surface area contributed by atoms with Crippen LogP contribution < -0.4 is 15.0 Å². The molecular weight excluding hydrogens is 460 g/mol. The third kappa shape index (κ3) is 6.99. The van der Waals surface area contributed by atoms with E-state index in [0.717, 1.165) is 38.5 Å². The highest BCUT2D eigenvalue weighted by atomic mass is 16.5. The monoisotopic (exact) mass is 498 g/mol. The predicted molar refractivity (Wildman–Crippen MR) is 142 cm³/mol. The number of ketones is 1. The van der Waals surface area contributed by atoms with Crippen molar-refractivity contribution in [3.63, 3.8) is 0 Å². The van der Waals surface area contributed by atoms with E-state index in [2.05, 4.69) is 23.5 Å². The standard InChI is InChI=1S/C23H30N2O5.C5H8O/c1-7-9-11-15-18(19-16(28-5)12-10-13-17(19)29-6)21(26)20(22(27)25-15)23(24-4)30-14(3)8-2;6-5-3-1-2-4-5/h10,12-13H,3,7-9,11H2,1-2,4-6H3,(H2,25,26,27);1-4H2. The molecule has 0 radical (unpaired) electrons. The number of aliphatic imine (C=N–C) groups is 1. The van der Waals surface area contributed by atoms with Gasteiger partial charge in [-0.05, 0) is 37.8 Å². The maximum atomic E-state index is 12.9. The second-order valence-electron chi connectivity index (χ2n) is 8.44. The molecule has 1 aliphatic carbocycles. The number of hydrogen-bond donors (Lipinski definition) is 2. The van der Waals surface area contributed by atoms with Crippen LogP contribution in [-0.4, -0.2) is 43.0 Å². The number of ether oxygens (including phenoxy) is 3. The Morgan fingerprint density at radius 3 is 2.14 bits per heavy atom. The number of methoxy groups -OCH3 is 2. The fourth-order valence-corrected chi connectivity index (χ4v) is 3.93. The molecule has 0 saturated heterocycles. The largest absolute Gasteiger partial charge is 0.506 e. The van der Waals surface area contributed by atoms with Gasteiger partial charge in [0, 0.05) is 32.0 Å². The molecule has 1 saturated carbocycles. The molecule has 8 nitrogen and oxygen atoms in total. The molecule has 1 heterocycles. The Labute approximate surface area is 213 Å². The van der Waals surface area contributed by atoms with Crippen LogP contribution in [0.5, 0.6) is 17.2 Å². The van der Waals surface area contributed by atoms with Crippen molar-refractivity contribution in [3.8, 4) is 28.4 Å². The number of carbonyl (C=O) groups is 1. The number of hydrogen-bond acceptors (Lipinski definition) is 7. The zero-order valence-electron chi connectivity index (χ0n) is 22.0. The molecule has 0 amide bonds. The van der Waals surface area contributed by atoms with Crippen molar-refractivity contribution in [2.24, 2.45) is 4.99 Å². The minimum absolute atomic E-state index is 0.00208. The van der Waals surface area contributed by atoms with Crippen molar-refractivity contribution in [2.75, 3.05) is 21.3 Å². The molecule has 0 atom stereocenters. The fourth-order valence-electron chi connectivity index (χ4n) is 3.93. The number of unbranched alkanes of at least 4 members (excludes halogenated alkanes) is 1. The number of allylic oxidation sites excluding steroid dienone is 1. The van der Waals surface area contributed by atoms with E-state index in [0.29, 0.717) is 52.7 Å². The minimum Gasteiger partial charge on any atom is -0.506 e. The SMILES string of the molecule is C=C(CC)OC(=NC)c1c(O)c(-c2c(OC)cccc2OC)c(CCCC)[nH]c1=O.O=C1CCCC1. The Morgan fingerprint density at radius 1 is 1.08 bits per heavy atom. The van der Waals surface area contributed by atoms with E-state index in [1.165, 1.54) is 7.05 Å². The van der Waals surface area contributed by atoms with Crippen molar-refractivity contribution in [1.82, 2.24) is 4.98 Å². The molecule has 0 bridgehead atoms. The molecule has 8 heteroatoms. The van der Waals surface area contributed by atoms with Crippen molar-refractivity contribution < 1.29 is 24.1 Å². The lowest BCUT2D eigenvalue weighted by Gasteiger charge is -2.19. The van der Waals surface area contributed by atoms with Gasteiger partial charge in [-0.15, -0.1) is 0 Å². The van der Waals surface area contributed by atoms with Gasteiger partial charge in [-0.1, -0.05) is 32.9 Å². The van der Waals surface area contributed by atoms with Crippen molar-refractivity contribution >= 4 is 11.7 Å². The average molecular weight is 499 g/mol. The normalized spacial score (nSPS) is 13.1. The maximum absolute atomic E-state index is 12.9. The van der Waals surface area contributed by atoms with Gasteiger partial charge in [0.15, 0.2) is 0 Å². The van der Waals surface area contributed by atoms with Gasteiger partial charge < -0.3 is 24.3 Å². The molecule has 1 aromatic heterocycles. The summed E-state index contributed by atoms with van der Waals surface area (Å²) in [6.07, 6.45) is 6.83. The van der Waals surface area contributed by atoms with E-state index in [4.69, 9.17) is 14.2 Å². The summed E-state index contributed by atoms with van der Waals surface area (Å²) in [4.78, 5) is 30.1. The molecule has 36 heavy (non-hydrogen) atoms. The van der Waals surface area contributed by atoms with Crippen LogP contribution in [0.4, 0.5) is 0 Å². The van der Waals surface area contributed by atoms with E-state index in [1.54, 1.807) is 32.4 Å². The van der Waals surface area contributed by atoms with Crippen LogP contribution in [0.25, 0.3) is 11.1 Å². The quantitative estimate of drug-likeness (QED) is 0.266. The molecule has 3 rings (SSSR count). The lowest BCUT2D eigenvalue weighted by molar-refractivity contribution is -0.117. The Kier molecular flexibility index (Phi) is 11.2. The van der Waals surface area contributed by atoms with Crippen LogP contribution in [0, 0.1) is 0 Å². The summed E-state index contributed by atoms with van der Waals surface area (Å²) in [5.41, 5.74) is 1.03. The maximum Gasteiger partial charge on any atom is 0.264 e. The number of nitrogens with one attached hydrogen (secondary N) is 1. The molecular formula is C28H38N2O6. The van der Waals surface area contributed by atoms with Gasteiger partial charge in [0.05, 0.1) is 31.1 Å². The van der Waals surface area contributed by atoms with E-state index < -0.39 is 5.56 Å². The number of rotatable bonds is 9. The Morgan fingerprint density at radius 2 is 1.69 bits per heavy atom. The van der Waals surface area contributed by atoms with Gasteiger partial charge in [0.2, 0.25) is 5.90 Å². The third-order valence-electron chi connectivity index (χ3n) is 5.94. The molecule has 0 aliphatic heterocycles. The Balaban J connectivity index is 0.000000662. The van der Waals surface area contributed by atoms with Crippen molar-refractivity contribution in [2.45, 2.75) is 65.2 Å². The fraction of sp³-hybridized carbons (Fsp3) is 0.464. The van der Waals surface area contributed by atoms with E-state index in [1.807, 2.05) is 6.92 Å². The number of carbonyl (C=O) groups excluding carboxylic acids is 1. The van der Waals surface area contributed by atoms with Gasteiger partial charge in [0.1, 0.15) is 28.6 Å². The third-order valence-corrected chi connectivity index (χ3v) is 5.94. The van der Waals surface area contributed by atoms with Crippen molar-refractivity contribution in [1.29, 1.82) is 0 Å². The molecule has 2 aromatic rings. The highest BCUT2D eigenvalue weighted by Crippen LogP contribution is 2.44. The number of nitrogens with zero attached hydrogens (tertiary/aromatic N) is 1. The second-order valence-corrected chi connectivity index (χ2v) is 8.44. The minimum atomic E-state index is -0.485. The zero-order chi connectivity index (χ0) is 26.7. The molecule has 1 aromatic carbocycles. The van der Waals surface area contributed by atoms with Crippen LogP contribution in [-0.2, 0) is 16.0 Å². The molecule has 2 N–H and O–H groups in total. The van der Waals surface area contributed by atoms with Gasteiger partial charge in [-0.2, -0.15) is 0 Å². The Hall–Kier alpha value is -3.55. The van der Waals surface area contributed by atoms with Gasteiger partial charge in [0.25, 0.3) is 5.56 Å². The van der Waals surface area contributed by atoms with Crippen LogP contribution >= 0.6 is 0 Å². The summed E-state index contributed by atoms with van der Waals surface area (Å²) in [6.45, 7) is 7.73. The van der Waals surface area contributed by atoms with Crippen LogP contribution in [0.2, 0.25) is 0 Å². The lowest BCUT2D eigenvalue weighted by atomic mass is 9.95. The number of aromatic hydroxyl groups is 1. The van der Waals surface area contributed by atoms with Gasteiger partial charge in [-0.3, -0.25) is 14.6 Å². The summed E-state index contributed by atoms with van der Waals surface area (Å²) < 4.78 is 16.7. The zero-order valence-corrected chi connectivity index (χ0v) is 22.0. The summed E-state index contributed by atoms with van der Waals surface area (Å²) >= 11 is 0. The van der Waals surface area contributed by atoms with Crippen LogP contribution in [0.3, 0.4) is 0 Å². The first-order valence-electron chi connectivity index (χ1n) is 12.4. The molecule has 0 spiro atoms. The predicted octanol–water partition coefficient (Wildman–Crippen LogP) is 5.55. The summed E-state index contributed by atoms with van der Waals surface area (Å²) in [5, 5.41) is 11.3. The lowest BCUT2D eigenvalue weighted by Crippen LogP contribution is -2.23. The molecule has 196 valence electrons. The highest BCUT2D eigenvalue weighted by molar-refractivity contribution is 6.00. The second kappa shape index (κ2) is 14.1. The van der Waals surface area contributed by atoms with Gasteiger partial charge in [-0.25, -0.2) is 0 Å². The number of aryl methyl sites for hydroxylation is 1. The number of H-pyrrole nitrogens is 1. The number of Topliss-reactive ketones (excluding diaryl/α,β-unsaturated/α-hetero) is 1. The van der Waals surface area contributed by atoms with Crippen LogP contribution in [0.1, 0.15) is 70.1 Å². The van der Waals surface area contributed by atoms with Crippen molar-refractivity contribution in [3.05, 3.63) is 52.1 Å².